The lowest BCUT2D eigenvalue weighted by Gasteiger charge is -2.43. The van der Waals surface area contributed by atoms with Gasteiger partial charge in [-0.25, -0.2) is 0 Å². The van der Waals surface area contributed by atoms with E-state index in [4.69, 9.17) is 22.9 Å². The fraction of sp³-hybridized carbons (Fsp3) is 1.00. The average Bonchev–Trinajstić information content (AvgIpc) is 2.51. The van der Waals surface area contributed by atoms with E-state index in [2.05, 4.69) is 10.2 Å². The first kappa shape index (κ1) is 18.8. The van der Waals surface area contributed by atoms with Crippen molar-refractivity contribution in [2.24, 2.45) is 22.9 Å². The molecule has 0 aromatic rings. The molecule has 0 saturated carbocycles. The molecule has 3 unspecified atom stereocenters. The molecule has 9 N–H and O–H groups in total. The van der Waals surface area contributed by atoms with Crippen LogP contribution in [0.4, 0.5) is 0 Å². The lowest BCUT2D eigenvalue weighted by Crippen LogP contribution is -2.63. The Hall–Kier alpha value is -0.240. The Labute approximate surface area is 130 Å². The standard InChI is InChI=1S/C15H36N6/c16-8-4-1-2-7-15(19)21-11-10-20-12-14(21)13(18)6-3-5-9-17/h13-15,20H,1-12,16-19H2. The van der Waals surface area contributed by atoms with Crippen LogP contribution in [-0.4, -0.2) is 55.9 Å². The molecule has 1 aliphatic rings. The fourth-order valence-corrected chi connectivity index (χ4v) is 3.11. The molecule has 6 heteroatoms. The summed E-state index contributed by atoms with van der Waals surface area (Å²) in [5.74, 6) is 0. The summed E-state index contributed by atoms with van der Waals surface area (Å²) in [7, 11) is 0. The highest BCUT2D eigenvalue weighted by molar-refractivity contribution is 4.89. The smallest absolute Gasteiger partial charge is 0.0576 e. The van der Waals surface area contributed by atoms with Crippen molar-refractivity contribution in [1.82, 2.24) is 10.2 Å². The summed E-state index contributed by atoms with van der Waals surface area (Å²) < 4.78 is 0. The molecule has 21 heavy (non-hydrogen) atoms. The van der Waals surface area contributed by atoms with E-state index in [1.54, 1.807) is 0 Å². The second-order valence-corrected chi connectivity index (χ2v) is 6.16. The van der Waals surface area contributed by atoms with Crippen LogP contribution in [0.25, 0.3) is 0 Å². The summed E-state index contributed by atoms with van der Waals surface area (Å²) in [5, 5.41) is 3.45. The van der Waals surface area contributed by atoms with Gasteiger partial charge >= 0.3 is 0 Å². The van der Waals surface area contributed by atoms with Gasteiger partial charge < -0.3 is 28.3 Å². The lowest BCUT2D eigenvalue weighted by atomic mass is 9.98. The number of rotatable bonds is 11. The van der Waals surface area contributed by atoms with Gasteiger partial charge in [0.25, 0.3) is 0 Å². The average molecular weight is 300 g/mol. The number of piperazine rings is 1. The molecule has 0 spiro atoms. The van der Waals surface area contributed by atoms with Gasteiger partial charge in [-0.15, -0.1) is 0 Å². The molecule has 0 aromatic carbocycles. The third-order valence-electron chi connectivity index (χ3n) is 4.44. The van der Waals surface area contributed by atoms with Gasteiger partial charge in [-0.3, -0.25) is 4.90 Å². The number of nitrogens with zero attached hydrogens (tertiary/aromatic N) is 1. The zero-order valence-electron chi connectivity index (χ0n) is 13.5. The number of hydrogen-bond donors (Lipinski definition) is 5. The van der Waals surface area contributed by atoms with Crippen molar-refractivity contribution < 1.29 is 0 Å². The van der Waals surface area contributed by atoms with E-state index in [1.807, 2.05) is 0 Å². The van der Waals surface area contributed by atoms with Crippen LogP contribution in [0.5, 0.6) is 0 Å². The first-order valence-corrected chi connectivity index (χ1v) is 8.58. The molecule has 0 aliphatic carbocycles. The van der Waals surface area contributed by atoms with Crippen molar-refractivity contribution in [3.05, 3.63) is 0 Å². The second-order valence-electron chi connectivity index (χ2n) is 6.16. The number of unbranched alkanes of at least 4 members (excludes halogenated alkanes) is 3. The molecule has 1 rings (SSSR count). The highest BCUT2D eigenvalue weighted by Gasteiger charge is 2.30. The minimum absolute atomic E-state index is 0.121. The van der Waals surface area contributed by atoms with Gasteiger partial charge in [0.2, 0.25) is 0 Å². The molecule has 1 heterocycles. The molecule has 1 saturated heterocycles. The molecule has 1 fully saturated rings. The van der Waals surface area contributed by atoms with Gasteiger partial charge in [-0.2, -0.15) is 0 Å². The summed E-state index contributed by atoms with van der Waals surface area (Å²) in [5.41, 5.74) is 23.9. The van der Waals surface area contributed by atoms with Crippen LogP contribution >= 0.6 is 0 Å². The van der Waals surface area contributed by atoms with Gasteiger partial charge in [0.1, 0.15) is 0 Å². The van der Waals surface area contributed by atoms with Crippen LogP contribution in [0.15, 0.2) is 0 Å². The SMILES string of the molecule is NCCCCCC(N)N1CCNCC1C(N)CCCCN. The van der Waals surface area contributed by atoms with Crippen molar-refractivity contribution in [3.63, 3.8) is 0 Å². The number of nitrogens with one attached hydrogen (secondary N) is 1. The summed E-state index contributed by atoms with van der Waals surface area (Å²) in [4.78, 5) is 2.41. The summed E-state index contributed by atoms with van der Waals surface area (Å²) in [6, 6.07) is 0.528. The Bertz CT molecular complexity index is 250. The zero-order chi connectivity index (χ0) is 15.5. The van der Waals surface area contributed by atoms with Gasteiger partial charge in [0, 0.05) is 31.7 Å². The monoisotopic (exact) mass is 300 g/mol. The third-order valence-corrected chi connectivity index (χ3v) is 4.44. The molecular weight excluding hydrogens is 264 g/mol. The Morgan fingerprint density at radius 3 is 2.33 bits per heavy atom. The van der Waals surface area contributed by atoms with Crippen molar-refractivity contribution in [1.29, 1.82) is 0 Å². The molecule has 126 valence electrons. The second kappa shape index (κ2) is 11.3. The van der Waals surface area contributed by atoms with Crippen LogP contribution in [0.2, 0.25) is 0 Å². The summed E-state index contributed by atoms with van der Waals surface area (Å²) in [6.45, 7) is 4.47. The summed E-state index contributed by atoms with van der Waals surface area (Å²) in [6.07, 6.45) is 7.76. The van der Waals surface area contributed by atoms with Crippen LogP contribution in [0.3, 0.4) is 0 Å². The maximum atomic E-state index is 6.41. The van der Waals surface area contributed by atoms with Crippen LogP contribution in [0, 0.1) is 0 Å². The molecule has 1 aliphatic heterocycles. The Kier molecular flexibility index (Phi) is 10.2. The topological polar surface area (TPSA) is 119 Å². The van der Waals surface area contributed by atoms with E-state index in [-0.39, 0.29) is 12.2 Å². The van der Waals surface area contributed by atoms with Gasteiger partial charge in [0.15, 0.2) is 0 Å². The van der Waals surface area contributed by atoms with Crippen molar-refractivity contribution in [2.75, 3.05) is 32.7 Å². The molecule has 6 nitrogen and oxygen atoms in total. The van der Waals surface area contributed by atoms with Crippen molar-refractivity contribution in [2.45, 2.75) is 63.2 Å². The quantitative estimate of drug-likeness (QED) is 0.329. The normalized spacial score (nSPS) is 23.1. The zero-order valence-corrected chi connectivity index (χ0v) is 13.5. The molecule has 0 bridgehead atoms. The van der Waals surface area contributed by atoms with E-state index in [9.17, 15) is 0 Å². The van der Waals surface area contributed by atoms with E-state index in [0.29, 0.717) is 6.04 Å². The molecule has 0 radical (unpaired) electrons. The van der Waals surface area contributed by atoms with E-state index >= 15 is 0 Å². The van der Waals surface area contributed by atoms with Gasteiger partial charge in [-0.1, -0.05) is 19.3 Å². The van der Waals surface area contributed by atoms with E-state index in [1.165, 1.54) is 6.42 Å². The predicted molar refractivity (Wildman–Crippen MR) is 89.7 cm³/mol. The number of nitrogens with two attached hydrogens (primary N) is 4. The minimum atomic E-state index is 0.121. The summed E-state index contributed by atoms with van der Waals surface area (Å²) >= 11 is 0. The Morgan fingerprint density at radius 2 is 1.62 bits per heavy atom. The van der Waals surface area contributed by atoms with Crippen LogP contribution in [-0.2, 0) is 0 Å². The van der Waals surface area contributed by atoms with Crippen molar-refractivity contribution in [3.8, 4) is 0 Å². The predicted octanol–water partition coefficient (Wildman–Crippen LogP) is -0.480. The largest absolute Gasteiger partial charge is 0.330 e. The van der Waals surface area contributed by atoms with Crippen molar-refractivity contribution >= 4 is 0 Å². The van der Waals surface area contributed by atoms with E-state index in [0.717, 1.165) is 71.2 Å². The Morgan fingerprint density at radius 1 is 0.952 bits per heavy atom. The minimum Gasteiger partial charge on any atom is -0.330 e. The molecule has 0 amide bonds. The van der Waals surface area contributed by atoms with Crippen LogP contribution < -0.4 is 28.3 Å². The Balaban J connectivity index is 2.39. The molecule has 3 atom stereocenters. The maximum absolute atomic E-state index is 6.41. The van der Waals surface area contributed by atoms with Crippen LogP contribution in [0.1, 0.15) is 44.9 Å². The maximum Gasteiger partial charge on any atom is 0.0576 e. The first-order chi connectivity index (χ1) is 10.2. The first-order valence-electron chi connectivity index (χ1n) is 8.58. The van der Waals surface area contributed by atoms with Gasteiger partial charge in [-0.05, 0) is 38.8 Å². The third kappa shape index (κ3) is 7.04. The highest BCUT2D eigenvalue weighted by atomic mass is 15.3. The molecular formula is C15H36N6. The molecule has 0 aromatic heterocycles. The fourth-order valence-electron chi connectivity index (χ4n) is 3.11. The lowest BCUT2D eigenvalue weighted by molar-refractivity contribution is 0.0824. The van der Waals surface area contributed by atoms with E-state index < -0.39 is 0 Å². The number of hydrogen-bond acceptors (Lipinski definition) is 6. The van der Waals surface area contributed by atoms with Gasteiger partial charge in [0.05, 0.1) is 6.17 Å². The highest BCUT2D eigenvalue weighted by Crippen LogP contribution is 2.16.